The minimum absolute atomic E-state index is 0.00807. The molecule has 2 N–H and O–H groups in total. The van der Waals surface area contributed by atoms with Crippen LogP contribution in [0.3, 0.4) is 0 Å². The van der Waals surface area contributed by atoms with Crippen LogP contribution in [0.15, 0.2) is 24.3 Å². The molecule has 116 valence electrons. The molecule has 1 aliphatic heterocycles. The van der Waals surface area contributed by atoms with Gasteiger partial charge in [0, 0.05) is 17.2 Å². The lowest BCUT2D eigenvalue weighted by Crippen LogP contribution is -2.04. The van der Waals surface area contributed by atoms with Crippen molar-refractivity contribution in [2.45, 2.75) is 13.8 Å². The van der Waals surface area contributed by atoms with E-state index >= 15 is 0 Å². The molecule has 0 radical (unpaired) electrons. The molecule has 0 atom stereocenters. The molecule has 1 aromatic carbocycles. The zero-order chi connectivity index (χ0) is 16.7. The van der Waals surface area contributed by atoms with E-state index in [2.05, 4.69) is 10.3 Å². The maximum Gasteiger partial charge on any atom is 0.276 e. The predicted octanol–water partition coefficient (Wildman–Crippen LogP) is 2.80. The summed E-state index contributed by atoms with van der Waals surface area (Å²) in [5, 5.41) is 23.8. The molecule has 3 rings (SSSR count). The fourth-order valence-corrected chi connectivity index (χ4v) is 2.62. The minimum Gasteiger partial charge on any atom is -0.506 e. The van der Waals surface area contributed by atoms with Gasteiger partial charge in [-0.15, -0.1) is 0 Å². The Morgan fingerprint density at radius 3 is 2.70 bits per heavy atom. The summed E-state index contributed by atoms with van der Waals surface area (Å²) in [5.41, 5.74) is 1.85. The number of aryl methyl sites for hydroxylation is 1. The van der Waals surface area contributed by atoms with Crippen LogP contribution >= 0.6 is 0 Å². The van der Waals surface area contributed by atoms with Gasteiger partial charge in [0.2, 0.25) is 0 Å². The van der Waals surface area contributed by atoms with E-state index in [1.807, 2.05) is 0 Å². The number of hydrogen-bond acceptors (Lipinski definition) is 5. The number of pyridine rings is 1. The lowest BCUT2D eigenvalue weighted by Gasteiger charge is -2.08. The Balaban J connectivity index is 2.23. The number of carbonyl (C=O) groups is 1. The van der Waals surface area contributed by atoms with Crippen LogP contribution in [-0.4, -0.2) is 20.9 Å². The van der Waals surface area contributed by atoms with Crippen LogP contribution in [0.4, 0.5) is 11.5 Å². The molecule has 1 amide bonds. The van der Waals surface area contributed by atoms with Gasteiger partial charge in [-0.25, -0.2) is 4.98 Å². The number of anilines is 1. The van der Waals surface area contributed by atoms with Crippen molar-refractivity contribution in [3.8, 4) is 5.75 Å². The van der Waals surface area contributed by atoms with Gasteiger partial charge in [-0.2, -0.15) is 0 Å². The first-order chi connectivity index (χ1) is 10.9. The van der Waals surface area contributed by atoms with Crippen molar-refractivity contribution >= 4 is 29.1 Å². The van der Waals surface area contributed by atoms with Crippen molar-refractivity contribution < 1.29 is 14.8 Å². The van der Waals surface area contributed by atoms with Crippen LogP contribution < -0.4 is 5.32 Å². The number of para-hydroxylation sites is 1. The molecule has 0 unspecified atom stereocenters. The fourth-order valence-electron chi connectivity index (χ4n) is 2.62. The van der Waals surface area contributed by atoms with Crippen LogP contribution in [0.2, 0.25) is 0 Å². The van der Waals surface area contributed by atoms with Crippen LogP contribution in [-0.2, 0) is 4.79 Å². The molecular weight excluding hydrogens is 298 g/mol. The van der Waals surface area contributed by atoms with Crippen LogP contribution in [0.5, 0.6) is 5.75 Å². The molecule has 7 nitrogen and oxygen atoms in total. The first-order valence-corrected chi connectivity index (χ1v) is 6.87. The SMILES string of the molecule is Cc1nc2c(c(C)c1O)C(=Cc1ccccc1[N+](=O)[O-])C(=O)N2. The standard InChI is InChI=1S/C16H13N3O4/c1-8-13-11(7-10-5-3-4-6-12(10)19(22)23)16(21)18-15(13)17-9(2)14(8)20/h3-7,20H,1-2H3,(H,17,18,21). The highest BCUT2D eigenvalue weighted by Crippen LogP contribution is 2.39. The number of hydrogen-bond donors (Lipinski definition) is 2. The molecule has 0 aliphatic carbocycles. The largest absolute Gasteiger partial charge is 0.506 e. The van der Waals surface area contributed by atoms with E-state index in [0.29, 0.717) is 28.2 Å². The Labute approximate surface area is 131 Å². The van der Waals surface area contributed by atoms with Gasteiger partial charge in [0.25, 0.3) is 11.6 Å². The van der Waals surface area contributed by atoms with Gasteiger partial charge >= 0.3 is 0 Å². The van der Waals surface area contributed by atoms with E-state index in [-0.39, 0.29) is 17.0 Å². The molecule has 7 heteroatoms. The quantitative estimate of drug-likeness (QED) is 0.504. The average molecular weight is 311 g/mol. The second kappa shape index (κ2) is 5.20. The van der Waals surface area contributed by atoms with Crippen LogP contribution in [0.1, 0.15) is 22.4 Å². The monoisotopic (exact) mass is 311 g/mol. The number of rotatable bonds is 2. The Morgan fingerprint density at radius 1 is 1.30 bits per heavy atom. The molecule has 2 aromatic rings. The molecule has 0 fully saturated rings. The molecular formula is C16H13N3O4. The van der Waals surface area contributed by atoms with Crippen molar-refractivity contribution in [1.29, 1.82) is 0 Å². The Hall–Kier alpha value is -3.22. The van der Waals surface area contributed by atoms with Gasteiger partial charge in [0.05, 0.1) is 21.8 Å². The van der Waals surface area contributed by atoms with E-state index < -0.39 is 10.8 Å². The first-order valence-electron chi connectivity index (χ1n) is 6.87. The lowest BCUT2D eigenvalue weighted by molar-refractivity contribution is -0.385. The van der Waals surface area contributed by atoms with E-state index in [1.54, 1.807) is 32.0 Å². The molecule has 0 bridgehead atoms. The zero-order valence-corrected chi connectivity index (χ0v) is 12.5. The summed E-state index contributed by atoms with van der Waals surface area (Å²) in [5.74, 6) is -0.0416. The summed E-state index contributed by atoms with van der Waals surface area (Å²) in [6.07, 6.45) is 1.45. The number of nitrogens with one attached hydrogen (secondary N) is 1. The fraction of sp³-hybridized carbons (Fsp3) is 0.125. The highest BCUT2D eigenvalue weighted by Gasteiger charge is 2.30. The second-order valence-corrected chi connectivity index (χ2v) is 5.22. The average Bonchev–Trinajstić information content (AvgIpc) is 2.81. The highest BCUT2D eigenvalue weighted by molar-refractivity contribution is 6.35. The molecule has 1 aromatic heterocycles. The van der Waals surface area contributed by atoms with Crippen LogP contribution in [0.25, 0.3) is 11.6 Å². The summed E-state index contributed by atoms with van der Waals surface area (Å²) in [6, 6.07) is 6.15. The van der Waals surface area contributed by atoms with Crippen molar-refractivity contribution in [2.75, 3.05) is 5.32 Å². The van der Waals surface area contributed by atoms with E-state index in [1.165, 1.54) is 12.1 Å². The van der Waals surface area contributed by atoms with Gasteiger partial charge in [-0.1, -0.05) is 12.1 Å². The van der Waals surface area contributed by atoms with Crippen molar-refractivity contribution in [2.24, 2.45) is 0 Å². The van der Waals surface area contributed by atoms with Gasteiger partial charge in [-0.05, 0) is 26.0 Å². The number of nitro benzene ring substituents is 1. The second-order valence-electron chi connectivity index (χ2n) is 5.22. The number of nitro groups is 1. The van der Waals surface area contributed by atoms with E-state index in [0.717, 1.165) is 0 Å². The Bertz CT molecular complexity index is 887. The maximum absolute atomic E-state index is 12.2. The summed E-state index contributed by atoms with van der Waals surface area (Å²) in [6.45, 7) is 3.31. The normalized spacial score (nSPS) is 14.7. The number of fused-ring (bicyclic) bond motifs is 1. The lowest BCUT2D eigenvalue weighted by atomic mass is 9.99. The number of amides is 1. The molecule has 0 saturated carbocycles. The third-order valence-corrected chi connectivity index (χ3v) is 3.77. The number of aromatic nitrogens is 1. The summed E-state index contributed by atoms with van der Waals surface area (Å²) < 4.78 is 0. The maximum atomic E-state index is 12.2. The molecule has 0 saturated heterocycles. The van der Waals surface area contributed by atoms with Gasteiger partial charge in [0.1, 0.15) is 11.6 Å². The van der Waals surface area contributed by atoms with Crippen molar-refractivity contribution in [3.05, 3.63) is 56.8 Å². The smallest absolute Gasteiger partial charge is 0.276 e. The Kier molecular flexibility index (Phi) is 3.33. The predicted molar refractivity (Wildman–Crippen MR) is 85.0 cm³/mol. The topological polar surface area (TPSA) is 105 Å². The van der Waals surface area contributed by atoms with Crippen molar-refractivity contribution in [1.82, 2.24) is 4.98 Å². The number of carbonyl (C=O) groups excluding carboxylic acids is 1. The van der Waals surface area contributed by atoms with E-state index in [9.17, 15) is 20.0 Å². The van der Waals surface area contributed by atoms with Gasteiger partial charge in [-0.3, -0.25) is 14.9 Å². The number of benzene rings is 1. The first kappa shape index (κ1) is 14.7. The van der Waals surface area contributed by atoms with E-state index in [4.69, 9.17) is 0 Å². The number of nitrogens with zero attached hydrogens (tertiary/aromatic N) is 2. The zero-order valence-electron chi connectivity index (χ0n) is 12.5. The van der Waals surface area contributed by atoms with Crippen LogP contribution in [0, 0.1) is 24.0 Å². The summed E-state index contributed by atoms with van der Waals surface area (Å²) >= 11 is 0. The third-order valence-electron chi connectivity index (χ3n) is 3.77. The minimum atomic E-state index is -0.502. The highest BCUT2D eigenvalue weighted by atomic mass is 16.6. The van der Waals surface area contributed by atoms with Crippen molar-refractivity contribution in [3.63, 3.8) is 0 Å². The van der Waals surface area contributed by atoms with Gasteiger partial charge in [0.15, 0.2) is 0 Å². The van der Waals surface area contributed by atoms with Gasteiger partial charge < -0.3 is 10.4 Å². The Morgan fingerprint density at radius 2 is 2.00 bits per heavy atom. The number of aromatic hydroxyl groups is 1. The molecule has 0 spiro atoms. The molecule has 23 heavy (non-hydrogen) atoms. The summed E-state index contributed by atoms with van der Waals surface area (Å²) in [4.78, 5) is 27.0. The summed E-state index contributed by atoms with van der Waals surface area (Å²) in [7, 11) is 0. The molecule has 1 aliphatic rings. The third kappa shape index (κ3) is 2.32. The molecule has 2 heterocycles.